The Bertz CT molecular complexity index is 866. The molecular weight excluding hydrogens is 334 g/mol. The average Bonchev–Trinajstić information content (AvgIpc) is 3.18. The highest BCUT2D eigenvalue weighted by atomic mass is 19.1. The van der Waals surface area contributed by atoms with Crippen LogP contribution in [0.1, 0.15) is 17.5 Å². The van der Waals surface area contributed by atoms with Gasteiger partial charge in [0.05, 0.1) is 23.8 Å². The highest BCUT2D eigenvalue weighted by Gasteiger charge is 2.45. The molecule has 2 aromatic rings. The van der Waals surface area contributed by atoms with Crippen molar-refractivity contribution in [2.75, 3.05) is 18.5 Å². The zero-order chi connectivity index (χ0) is 17.6. The van der Waals surface area contributed by atoms with Crippen LogP contribution in [0.4, 0.5) is 25.8 Å². The molecule has 1 aliphatic heterocycles. The first-order chi connectivity index (χ1) is 12.0. The third kappa shape index (κ3) is 2.63. The number of anilines is 2. The van der Waals surface area contributed by atoms with Crippen LogP contribution in [0.5, 0.6) is 0 Å². The van der Waals surface area contributed by atoms with Crippen molar-refractivity contribution in [1.29, 1.82) is 0 Å². The topological polar surface area (TPSA) is 73.6 Å². The van der Waals surface area contributed by atoms with E-state index in [1.165, 1.54) is 12.1 Å². The molecular formula is C17H14F2N2O4. The van der Waals surface area contributed by atoms with Gasteiger partial charge in [-0.05, 0) is 30.2 Å². The van der Waals surface area contributed by atoms with Crippen molar-refractivity contribution in [3.05, 3.63) is 63.2 Å². The fraction of sp³-hybridized carbons (Fsp3) is 0.294. The maximum Gasteiger partial charge on any atom is 0.292 e. The lowest BCUT2D eigenvalue weighted by molar-refractivity contribution is -0.384. The summed E-state index contributed by atoms with van der Waals surface area (Å²) in [5, 5.41) is 14.1. The molecule has 2 aliphatic rings. The summed E-state index contributed by atoms with van der Waals surface area (Å²) in [7, 11) is 0. The minimum Gasteiger partial charge on any atom is -0.348 e. The molecule has 8 heteroatoms. The van der Waals surface area contributed by atoms with Crippen LogP contribution < -0.4 is 5.32 Å². The fourth-order valence-electron chi connectivity index (χ4n) is 3.37. The SMILES string of the molecule is O=[N+]([O-])c1cc2c(cc1Nc1ccc(F)cc1F)C1(CC2)OCCO1. The number of ether oxygens (including phenoxy) is 2. The molecule has 130 valence electrons. The number of rotatable bonds is 3. The zero-order valence-corrected chi connectivity index (χ0v) is 13.1. The average molecular weight is 348 g/mol. The summed E-state index contributed by atoms with van der Waals surface area (Å²) in [6.07, 6.45) is 1.18. The number of nitrogens with one attached hydrogen (secondary N) is 1. The normalized spacial score (nSPS) is 17.7. The van der Waals surface area contributed by atoms with E-state index in [1.54, 1.807) is 6.07 Å². The predicted molar refractivity (Wildman–Crippen MR) is 84.6 cm³/mol. The van der Waals surface area contributed by atoms with Gasteiger partial charge in [0.2, 0.25) is 0 Å². The Balaban J connectivity index is 1.79. The number of nitrogens with zero attached hydrogens (tertiary/aromatic N) is 1. The van der Waals surface area contributed by atoms with Gasteiger partial charge in [-0.25, -0.2) is 8.78 Å². The first-order valence-corrected chi connectivity index (χ1v) is 7.80. The highest BCUT2D eigenvalue weighted by Crippen LogP contribution is 2.47. The van der Waals surface area contributed by atoms with E-state index < -0.39 is 22.3 Å². The van der Waals surface area contributed by atoms with Crippen LogP contribution in [0.15, 0.2) is 30.3 Å². The molecule has 0 radical (unpaired) electrons. The van der Waals surface area contributed by atoms with Gasteiger partial charge >= 0.3 is 0 Å². The Morgan fingerprint density at radius 1 is 1.12 bits per heavy atom. The van der Waals surface area contributed by atoms with Crippen molar-refractivity contribution < 1.29 is 23.2 Å². The second-order valence-corrected chi connectivity index (χ2v) is 5.98. The Morgan fingerprint density at radius 3 is 2.56 bits per heavy atom. The van der Waals surface area contributed by atoms with Crippen molar-refractivity contribution in [3.8, 4) is 0 Å². The number of hydrogen-bond donors (Lipinski definition) is 1. The van der Waals surface area contributed by atoms with E-state index in [2.05, 4.69) is 5.32 Å². The lowest BCUT2D eigenvalue weighted by Gasteiger charge is -2.23. The second kappa shape index (κ2) is 5.75. The van der Waals surface area contributed by atoms with Gasteiger partial charge in [0, 0.05) is 24.1 Å². The predicted octanol–water partition coefficient (Wildman–Crippen LogP) is 3.76. The molecule has 1 aliphatic carbocycles. The fourth-order valence-corrected chi connectivity index (χ4v) is 3.37. The molecule has 6 nitrogen and oxygen atoms in total. The number of nitro groups is 1. The minimum absolute atomic E-state index is 0.0512. The van der Waals surface area contributed by atoms with Crippen molar-refractivity contribution in [1.82, 2.24) is 0 Å². The van der Waals surface area contributed by atoms with E-state index in [-0.39, 0.29) is 17.1 Å². The van der Waals surface area contributed by atoms with Crippen LogP contribution in [0.2, 0.25) is 0 Å². The summed E-state index contributed by atoms with van der Waals surface area (Å²) in [6, 6.07) is 6.01. The van der Waals surface area contributed by atoms with E-state index in [0.717, 1.165) is 11.6 Å². The molecule has 4 rings (SSSR count). The molecule has 1 N–H and O–H groups in total. The quantitative estimate of drug-likeness (QED) is 0.675. The van der Waals surface area contributed by atoms with Crippen LogP contribution in [-0.2, 0) is 21.7 Å². The first kappa shape index (κ1) is 15.9. The number of hydrogen-bond acceptors (Lipinski definition) is 5. The maximum atomic E-state index is 13.9. The number of nitro benzene ring substituents is 1. The van der Waals surface area contributed by atoms with Gasteiger partial charge in [-0.3, -0.25) is 10.1 Å². The largest absolute Gasteiger partial charge is 0.348 e. The molecule has 0 atom stereocenters. The van der Waals surface area contributed by atoms with Crippen LogP contribution >= 0.6 is 0 Å². The van der Waals surface area contributed by atoms with Gasteiger partial charge in [0.15, 0.2) is 5.79 Å². The summed E-state index contributed by atoms with van der Waals surface area (Å²) in [5.41, 5.74) is 1.36. The van der Waals surface area contributed by atoms with Crippen LogP contribution in [0.3, 0.4) is 0 Å². The molecule has 1 fully saturated rings. The molecule has 2 aromatic carbocycles. The van der Waals surface area contributed by atoms with Crippen molar-refractivity contribution >= 4 is 17.1 Å². The van der Waals surface area contributed by atoms with Crippen LogP contribution in [0, 0.1) is 21.7 Å². The van der Waals surface area contributed by atoms with Gasteiger partial charge in [-0.2, -0.15) is 0 Å². The standard InChI is InChI=1S/C17H14F2N2O4/c18-11-1-2-14(13(19)8-11)20-15-9-12-10(7-16(15)21(22)23)3-4-17(12)24-5-6-25-17/h1-2,7-9,20H,3-6H2. The third-order valence-electron chi connectivity index (χ3n) is 4.51. The summed E-state index contributed by atoms with van der Waals surface area (Å²) in [4.78, 5) is 10.9. The molecule has 25 heavy (non-hydrogen) atoms. The first-order valence-electron chi connectivity index (χ1n) is 7.80. The van der Waals surface area contributed by atoms with Crippen LogP contribution in [-0.4, -0.2) is 18.1 Å². The molecule has 0 bridgehead atoms. The van der Waals surface area contributed by atoms with E-state index in [9.17, 15) is 18.9 Å². The van der Waals surface area contributed by atoms with Gasteiger partial charge in [0.1, 0.15) is 17.3 Å². The molecule has 1 heterocycles. The van der Waals surface area contributed by atoms with E-state index in [4.69, 9.17) is 9.47 Å². The van der Waals surface area contributed by atoms with Gasteiger partial charge in [-0.15, -0.1) is 0 Å². The molecule has 0 unspecified atom stereocenters. The zero-order valence-electron chi connectivity index (χ0n) is 13.1. The lowest BCUT2D eigenvalue weighted by atomic mass is 10.0. The van der Waals surface area contributed by atoms with Gasteiger partial charge < -0.3 is 14.8 Å². The molecule has 0 aromatic heterocycles. The third-order valence-corrected chi connectivity index (χ3v) is 4.51. The number of aryl methyl sites for hydroxylation is 1. The Labute approximate surface area is 141 Å². The second-order valence-electron chi connectivity index (χ2n) is 5.98. The Hall–Kier alpha value is -2.58. The number of fused-ring (bicyclic) bond motifs is 2. The van der Waals surface area contributed by atoms with E-state index in [0.29, 0.717) is 37.7 Å². The van der Waals surface area contributed by atoms with Gasteiger partial charge in [-0.1, -0.05) is 0 Å². The molecule has 0 saturated carbocycles. The smallest absolute Gasteiger partial charge is 0.292 e. The maximum absolute atomic E-state index is 13.9. The summed E-state index contributed by atoms with van der Waals surface area (Å²) in [6.45, 7) is 0.900. The Kier molecular flexibility index (Phi) is 3.66. The summed E-state index contributed by atoms with van der Waals surface area (Å²) in [5.74, 6) is -2.45. The summed E-state index contributed by atoms with van der Waals surface area (Å²) >= 11 is 0. The molecule has 1 saturated heterocycles. The number of halogens is 2. The highest BCUT2D eigenvalue weighted by molar-refractivity contribution is 5.72. The van der Waals surface area contributed by atoms with Crippen molar-refractivity contribution in [3.63, 3.8) is 0 Å². The molecule has 1 spiro atoms. The number of benzene rings is 2. The Morgan fingerprint density at radius 2 is 1.88 bits per heavy atom. The lowest BCUT2D eigenvalue weighted by Crippen LogP contribution is -2.23. The summed E-state index contributed by atoms with van der Waals surface area (Å²) < 4.78 is 38.4. The minimum atomic E-state index is -0.887. The molecule has 0 amide bonds. The van der Waals surface area contributed by atoms with E-state index >= 15 is 0 Å². The monoisotopic (exact) mass is 348 g/mol. The van der Waals surface area contributed by atoms with Gasteiger partial charge in [0.25, 0.3) is 5.69 Å². The van der Waals surface area contributed by atoms with Crippen molar-refractivity contribution in [2.45, 2.75) is 18.6 Å². The van der Waals surface area contributed by atoms with E-state index in [1.807, 2.05) is 0 Å². The van der Waals surface area contributed by atoms with Crippen molar-refractivity contribution in [2.24, 2.45) is 0 Å². The van der Waals surface area contributed by atoms with Crippen LogP contribution in [0.25, 0.3) is 0 Å².